The van der Waals surface area contributed by atoms with Gasteiger partial charge in [-0.1, -0.05) is 15.9 Å². The summed E-state index contributed by atoms with van der Waals surface area (Å²) in [6.07, 6.45) is 9.76. The fourth-order valence-corrected chi connectivity index (χ4v) is 5.58. The predicted octanol–water partition coefficient (Wildman–Crippen LogP) is 5.87. The smallest absolute Gasteiger partial charge is 0.150 e. The lowest BCUT2D eigenvalue weighted by Crippen LogP contribution is -2.16. The molecule has 33 heavy (non-hydrogen) atoms. The van der Waals surface area contributed by atoms with E-state index in [9.17, 15) is 4.79 Å². The molecular formula is C25H28BrN5O2. The molecule has 0 saturated heterocycles. The van der Waals surface area contributed by atoms with Crippen molar-refractivity contribution in [1.82, 2.24) is 19.4 Å². The van der Waals surface area contributed by atoms with Gasteiger partial charge < -0.3 is 20.2 Å². The van der Waals surface area contributed by atoms with Gasteiger partial charge in [-0.3, -0.25) is 4.40 Å². The van der Waals surface area contributed by atoms with Gasteiger partial charge in [0.2, 0.25) is 0 Å². The summed E-state index contributed by atoms with van der Waals surface area (Å²) in [5, 5.41) is 1.03. The van der Waals surface area contributed by atoms with Crippen LogP contribution >= 0.6 is 15.9 Å². The first kappa shape index (κ1) is 21.9. The average Bonchev–Trinajstić information content (AvgIpc) is 3.42. The van der Waals surface area contributed by atoms with Crippen LogP contribution in [-0.4, -0.2) is 32.2 Å². The summed E-state index contributed by atoms with van der Waals surface area (Å²) in [5.74, 6) is 3.53. The molecule has 3 N–H and O–H groups in total. The van der Waals surface area contributed by atoms with Crippen molar-refractivity contribution in [2.24, 2.45) is 5.92 Å². The second-order valence-electron chi connectivity index (χ2n) is 9.03. The van der Waals surface area contributed by atoms with Crippen LogP contribution in [0.15, 0.2) is 35.1 Å². The van der Waals surface area contributed by atoms with Gasteiger partial charge in [0.1, 0.15) is 34.4 Å². The number of fused-ring (bicyclic) bond motifs is 2. The van der Waals surface area contributed by atoms with Crippen LogP contribution in [0.4, 0.5) is 5.82 Å². The first-order valence-electron chi connectivity index (χ1n) is 11.4. The summed E-state index contributed by atoms with van der Waals surface area (Å²) in [4.78, 5) is 24.3. The molecule has 0 bridgehead atoms. The molecular weight excluding hydrogens is 482 g/mol. The van der Waals surface area contributed by atoms with Gasteiger partial charge in [0, 0.05) is 34.6 Å². The molecule has 0 amide bonds. The van der Waals surface area contributed by atoms with Gasteiger partial charge in [-0.15, -0.1) is 0 Å². The molecule has 4 aromatic rings. The molecule has 1 aliphatic carbocycles. The van der Waals surface area contributed by atoms with E-state index in [0.717, 1.165) is 76.0 Å². The molecule has 1 aromatic carbocycles. The largest absolute Gasteiger partial charge is 0.495 e. The van der Waals surface area contributed by atoms with Crippen LogP contribution in [0.3, 0.4) is 0 Å². The van der Waals surface area contributed by atoms with Crippen LogP contribution in [0.2, 0.25) is 0 Å². The number of H-pyrrole nitrogens is 1. The molecule has 0 radical (unpaired) electrons. The Bertz CT molecular complexity index is 1330. The van der Waals surface area contributed by atoms with E-state index in [1.165, 1.54) is 0 Å². The van der Waals surface area contributed by atoms with Crippen LogP contribution < -0.4 is 10.5 Å². The maximum absolute atomic E-state index is 11.4. The highest BCUT2D eigenvalue weighted by Crippen LogP contribution is 2.41. The SMILES string of the molecule is COc1ccc(Br)c2cc(-c3nc(C4CCC(CCC(C)=O)CC4)n4ccnc(N)c34)[nH]c12. The van der Waals surface area contributed by atoms with Gasteiger partial charge in [-0.05, 0) is 63.1 Å². The number of halogens is 1. The quantitative estimate of drug-likeness (QED) is 0.338. The molecule has 0 unspecified atom stereocenters. The van der Waals surface area contributed by atoms with Crippen molar-refractivity contribution in [2.75, 3.05) is 12.8 Å². The fourth-order valence-electron chi connectivity index (χ4n) is 5.14. The van der Waals surface area contributed by atoms with Crippen molar-refractivity contribution < 1.29 is 9.53 Å². The van der Waals surface area contributed by atoms with E-state index in [2.05, 4.69) is 36.4 Å². The monoisotopic (exact) mass is 509 g/mol. The molecule has 3 aromatic heterocycles. The number of nitrogens with zero attached hydrogens (tertiary/aromatic N) is 3. The van der Waals surface area contributed by atoms with Crippen molar-refractivity contribution in [1.29, 1.82) is 0 Å². The van der Waals surface area contributed by atoms with Crippen LogP contribution in [0.1, 0.15) is 57.2 Å². The topological polar surface area (TPSA) is 98.3 Å². The Labute approximate surface area is 200 Å². The summed E-state index contributed by atoms with van der Waals surface area (Å²) in [5.41, 5.74) is 9.79. The molecule has 1 saturated carbocycles. The summed E-state index contributed by atoms with van der Waals surface area (Å²) < 4.78 is 8.64. The standard InChI is InChI=1S/C25H28BrN5O2/c1-14(32)3-4-15-5-7-16(8-6-15)25-30-22(23-24(27)28-11-12-31(23)25)19-13-17-18(26)9-10-20(33-2)21(17)29-19/h9-13,15-16,29H,3-8H2,1-2H3,(H2,27,28). The molecule has 172 valence electrons. The van der Waals surface area contributed by atoms with Crippen LogP contribution in [0.5, 0.6) is 5.75 Å². The lowest BCUT2D eigenvalue weighted by Gasteiger charge is -2.27. The van der Waals surface area contributed by atoms with E-state index in [4.69, 9.17) is 15.5 Å². The number of hydrogen-bond acceptors (Lipinski definition) is 5. The van der Waals surface area contributed by atoms with Crippen molar-refractivity contribution in [2.45, 2.75) is 51.4 Å². The number of aromatic amines is 1. The molecule has 5 rings (SSSR count). The zero-order chi connectivity index (χ0) is 23.1. The predicted molar refractivity (Wildman–Crippen MR) is 134 cm³/mol. The number of imidazole rings is 1. The van der Waals surface area contributed by atoms with E-state index in [0.29, 0.717) is 24.1 Å². The zero-order valence-electron chi connectivity index (χ0n) is 18.9. The molecule has 0 atom stereocenters. The highest BCUT2D eigenvalue weighted by molar-refractivity contribution is 9.10. The molecule has 1 fully saturated rings. The number of benzene rings is 1. The first-order chi connectivity index (χ1) is 16.0. The summed E-state index contributed by atoms with van der Waals surface area (Å²) in [7, 11) is 1.67. The maximum Gasteiger partial charge on any atom is 0.150 e. The Morgan fingerprint density at radius 3 is 2.82 bits per heavy atom. The zero-order valence-corrected chi connectivity index (χ0v) is 20.5. The number of ether oxygens (including phenoxy) is 1. The number of nitrogens with two attached hydrogens (primary N) is 1. The molecule has 3 heterocycles. The lowest BCUT2D eigenvalue weighted by atomic mass is 9.79. The van der Waals surface area contributed by atoms with Gasteiger partial charge in [-0.2, -0.15) is 0 Å². The minimum absolute atomic E-state index is 0.283. The van der Waals surface area contributed by atoms with E-state index in [1.54, 1.807) is 20.2 Å². The Morgan fingerprint density at radius 1 is 1.30 bits per heavy atom. The number of carbonyl (C=O) groups is 1. The number of carbonyl (C=O) groups excluding carboxylic acids is 1. The molecule has 0 spiro atoms. The second-order valence-corrected chi connectivity index (χ2v) is 9.88. The van der Waals surface area contributed by atoms with Crippen LogP contribution in [-0.2, 0) is 4.79 Å². The Hall–Kier alpha value is -2.87. The molecule has 8 heteroatoms. The number of rotatable bonds is 6. The summed E-state index contributed by atoms with van der Waals surface area (Å²) in [6.45, 7) is 1.68. The van der Waals surface area contributed by atoms with E-state index in [1.807, 2.05) is 18.3 Å². The molecule has 1 aliphatic rings. The van der Waals surface area contributed by atoms with Crippen molar-refractivity contribution >= 4 is 44.0 Å². The Morgan fingerprint density at radius 2 is 2.09 bits per heavy atom. The third-order valence-corrected chi connectivity index (χ3v) is 7.60. The van der Waals surface area contributed by atoms with Gasteiger partial charge >= 0.3 is 0 Å². The van der Waals surface area contributed by atoms with E-state index >= 15 is 0 Å². The van der Waals surface area contributed by atoms with Crippen molar-refractivity contribution in [3.63, 3.8) is 0 Å². The van der Waals surface area contributed by atoms with E-state index < -0.39 is 0 Å². The first-order valence-corrected chi connectivity index (χ1v) is 12.2. The van der Waals surface area contributed by atoms with Gasteiger partial charge in [0.25, 0.3) is 0 Å². The maximum atomic E-state index is 11.4. The average molecular weight is 510 g/mol. The van der Waals surface area contributed by atoms with Crippen molar-refractivity contribution in [3.05, 3.63) is 40.9 Å². The highest BCUT2D eigenvalue weighted by Gasteiger charge is 2.28. The minimum atomic E-state index is 0.283. The number of nitrogen functional groups attached to an aromatic ring is 1. The second kappa shape index (κ2) is 8.82. The van der Waals surface area contributed by atoms with Crippen LogP contribution in [0, 0.1) is 5.92 Å². The number of nitrogens with one attached hydrogen (secondary N) is 1. The summed E-state index contributed by atoms with van der Waals surface area (Å²) >= 11 is 3.65. The number of hydrogen-bond donors (Lipinski definition) is 2. The third kappa shape index (κ3) is 4.01. The van der Waals surface area contributed by atoms with Gasteiger partial charge in [-0.25, -0.2) is 9.97 Å². The minimum Gasteiger partial charge on any atom is -0.495 e. The fraction of sp³-hybridized carbons (Fsp3) is 0.400. The number of Topliss-reactive ketones (excluding diaryl/α,β-unsaturated/α-hetero) is 1. The number of ketones is 1. The van der Waals surface area contributed by atoms with Gasteiger partial charge in [0.05, 0.1) is 18.3 Å². The number of methoxy groups -OCH3 is 1. The molecule has 0 aliphatic heterocycles. The third-order valence-electron chi connectivity index (χ3n) is 6.90. The van der Waals surface area contributed by atoms with E-state index in [-0.39, 0.29) is 5.78 Å². The van der Waals surface area contributed by atoms with Crippen LogP contribution in [0.25, 0.3) is 27.8 Å². The number of anilines is 1. The lowest BCUT2D eigenvalue weighted by molar-refractivity contribution is -0.117. The molecule has 7 nitrogen and oxygen atoms in total. The Kier molecular flexibility index (Phi) is 5.86. The normalized spacial score (nSPS) is 18.8. The van der Waals surface area contributed by atoms with Crippen molar-refractivity contribution in [3.8, 4) is 17.1 Å². The summed E-state index contributed by atoms with van der Waals surface area (Å²) in [6, 6.07) is 6.00. The highest BCUT2D eigenvalue weighted by atomic mass is 79.9. The van der Waals surface area contributed by atoms with Gasteiger partial charge in [0.15, 0.2) is 0 Å². The number of aromatic nitrogens is 4. The Balaban J connectivity index is 1.54.